The maximum absolute atomic E-state index is 9.92. The van der Waals surface area contributed by atoms with Crippen molar-refractivity contribution in [2.45, 2.75) is 38.7 Å². The van der Waals surface area contributed by atoms with Crippen LogP contribution in [0.2, 0.25) is 0 Å². The van der Waals surface area contributed by atoms with E-state index in [2.05, 4.69) is 32.8 Å². The van der Waals surface area contributed by atoms with E-state index >= 15 is 0 Å². The van der Waals surface area contributed by atoms with E-state index in [0.717, 1.165) is 11.1 Å². The van der Waals surface area contributed by atoms with Crippen molar-refractivity contribution >= 4 is 0 Å². The molecule has 1 aromatic rings. The zero-order chi connectivity index (χ0) is 11.5. The van der Waals surface area contributed by atoms with E-state index in [1.165, 1.54) is 0 Å². The van der Waals surface area contributed by atoms with Crippen LogP contribution in [0.3, 0.4) is 0 Å². The van der Waals surface area contributed by atoms with Crippen LogP contribution in [0.5, 0.6) is 0 Å². The molecule has 1 atom stereocenters. The minimum Gasteiger partial charge on any atom is -0.387 e. The summed E-state index contributed by atoms with van der Waals surface area (Å²) in [5, 5.41) is 9.92. The molecule has 0 amide bonds. The molecule has 15 heavy (non-hydrogen) atoms. The van der Waals surface area contributed by atoms with Gasteiger partial charge in [0.15, 0.2) is 0 Å². The quantitative estimate of drug-likeness (QED) is 0.731. The van der Waals surface area contributed by atoms with Gasteiger partial charge in [-0.05, 0) is 16.5 Å². The monoisotopic (exact) mass is 202 g/mol. The van der Waals surface area contributed by atoms with Crippen molar-refractivity contribution in [3.8, 4) is 12.3 Å². The van der Waals surface area contributed by atoms with Gasteiger partial charge in [-0.25, -0.2) is 0 Å². The van der Waals surface area contributed by atoms with Crippen molar-refractivity contribution in [3.05, 3.63) is 35.4 Å². The van der Waals surface area contributed by atoms with Gasteiger partial charge in [0.1, 0.15) is 0 Å². The first-order chi connectivity index (χ1) is 6.96. The summed E-state index contributed by atoms with van der Waals surface area (Å²) in [6.07, 6.45) is 5.03. The summed E-state index contributed by atoms with van der Waals surface area (Å²) in [7, 11) is 0. The number of hydrogen-bond donors (Lipinski definition) is 1. The average Bonchev–Trinajstić information content (AvgIpc) is 2.17. The molecule has 0 saturated heterocycles. The lowest BCUT2D eigenvalue weighted by atomic mass is 9.82. The summed E-state index contributed by atoms with van der Waals surface area (Å²) in [5.74, 6) is 2.49. The molecule has 0 aliphatic rings. The molecule has 1 unspecified atom stereocenters. The van der Waals surface area contributed by atoms with Crippen LogP contribution in [0.25, 0.3) is 0 Å². The van der Waals surface area contributed by atoms with Gasteiger partial charge in [0, 0.05) is 6.42 Å². The summed E-state index contributed by atoms with van der Waals surface area (Å²) in [6.45, 7) is 6.40. The van der Waals surface area contributed by atoms with Crippen molar-refractivity contribution in [3.63, 3.8) is 0 Å². The van der Waals surface area contributed by atoms with E-state index in [0.29, 0.717) is 6.42 Å². The zero-order valence-corrected chi connectivity index (χ0v) is 9.62. The van der Waals surface area contributed by atoms with Crippen LogP contribution in [0.4, 0.5) is 0 Å². The van der Waals surface area contributed by atoms with Crippen LogP contribution in [-0.4, -0.2) is 5.11 Å². The fourth-order valence-electron chi connectivity index (χ4n) is 1.69. The molecule has 0 saturated carbocycles. The topological polar surface area (TPSA) is 20.2 Å². The van der Waals surface area contributed by atoms with Crippen LogP contribution in [0.15, 0.2) is 24.3 Å². The molecule has 0 spiro atoms. The summed E-state index contributed by atoms with van der Waals surface area (Å²) in [4.78, 5) is 0. The molecule has 0 aliphatic carbocycles. The molecule has 1 nitrogen and oxygen atoms in total. The summed E-state index contributed by atoms with van der Waals surface area (Å²) >= 11 is 0. The second kappa shape index (κ2) is 4.51. The lowest BCUT2D eigenvalue weighted by molar-refractivity contribution is 0.181. The Morgan fingerprint density at radius 1 is 1.33 bits per heavy atom. The van der Waals surface area contributed by atoms with Gasteiger partial charge in [0.05, 0.1) is 6.10 Å². The molecular weight excluding hydrogens is 184 g/mol. The van der Waals surface area contributed by atoms with Crippen LogP contribution in [0.1, 0.15) is 44.4 Å². The Kier molecular flexibility index (Phi) is 3.55. The van der Waals surface area contributed by atoms with Crippen LogP contribution >= 0.6 is 0 Å². The third-order valence-electron chi connectivity index (χ3n) is 2.44. The molecule has 0 aromatic heterocycles. The van der Waals surface area contributed by atoms with E-state index in [9.17, 15) is 5.11 Å². The Labute approximate surface area is 92.1 Å². The maximum Gasteiger partial charge on any atom is 0.0901 e. The fourth-order valence-corrected chi connectivity index (χ4v) is 1.69. The number of rotatable bonds is 2. The molecule has 1 rings (SSSR count). The molecular formula is C14H18O. The Morgan fingerprint density at radius 2 is 1.93 bits per heavy atom. The largest absolute Gasteiger partial charge is 0.387 e. The molecule has 1 heteroatoms. The normalized spacial score (nSPS) is 13.3. The third kappa shape index (κ3) is 2.84. The van der Waals surface area contributed by atoms with Crippen molar-refractivity contribution < 1.29 is 5.11 Å². The molecule has 0 radical (unpaired) electrons. The second-order valence-electron chi connectivity index (χ2n) is 4.76. The van der Waals surface area contributed by atoms with E-state index < -0.39 is 6.10 Å². The first-order valence-corrected chi connectivity index (χ1v) is 5.17. The second-order valence-corrected chi connectivity index (χ2v) is 4.76. The number of aliphatic hydroxyl groups is 1. The van der Waals surface area contributed by atoms with Gasteiger partial charge in [-0.1, -0.05) is 45.0 Å². The van der Waals surface area contributed by atoms with Gasteiger partial charge in [0.25, 0.3) is 0 Å². The molecule has 0 aliphatic heterocycles. The molecule has 1 aromatic carbocycles. The van der Waals surface area contributed by atoms with Crippen molar-refractivity contribution in [1.29, 1.82) is 0 Å². The Morgan fingerprint density at radius 3 is 2.47 bits per heavy atom. The maximum atomic E-state index is 9.92. The van der Waals surface area contributed by atoms with Crippen molar-refractivity contribution in [2.24, 2.45) is 0 Å². The molecule has 0 fully saturated rings. The minimum absolute atomic E-state index is 0.0339. The first-order valence-electron chi connectivity index (χ1n) is 5.17. The lowest BCUT2D eigenvalue weighted by Crippen LogP contribution is -2.15. The molecule has 0 heterocycles. The summed E-state index contributed by atoms with van der Waals surface area (Å²) in [6, 6.07) is 7.93. The number of hydrogen-bond acceptors (Lipinski definition) is 1. The Hall–Kier alpha value is -1.26. The van der Waals surface area contributed by atoms with Crippen LogP contribution in [0, 0.1) is 12.3 Å². The van der Waals surface area contributed by atoms with Gasteiger partial charge < -0.3 is 5.11 Å². The predicted molar refractivity (Wildman–Crippen MR) is 63.6 cm³/mol. The van der Waals surface area contributed by atoms with Crippen LogP contribution in [-0.2, 0) is 5.41 Å². The average molecular weight is 202 g/mol. The van der Waals surface area contributed by atoms with E-state index in [1.807, 2.05) is 18.2 Å². The highest BCUT2D eigenvalue weighted by atomic mass is 16.3. The standard InChI is InChI=1S/C14H18O/c1-5-8-13(15)11-9-6-7-10-12(11)14(2,3)4/h1,6-7,9-10,13,15H,8H2,2-4H3. The zero-order valence-electron chi connectivity index (χ0n) is 9.62. The third-order valence-corrected chi connectivity index (χ3v) is 2.44. The van der Waals surface area contributed by atoms with Crippen molar-refractivity contribution in [2.75, 3.05) is 0 Å². The van der Waals surface area contributed by atoms with E-state index in [4.69, 9.17) is 6.42 Å². The smallest absolute Gasteiger partial charge is 0.0901 e. The van der Waals surface area contributed by atoms with Gasteiger partial charge in [0.2, 0.25) is 0 Å². The predicted octanol–water partition coefficient (Wildman–Crippen LogP) is 3.04. The molecule has 1 N–H and O–H groups in total. The van der Waals surface area contributed by atoms with Gasteiger partial charge in [-0.2, -0.15) is 0 Å². The highest BCUT2D eigenvalue weighted by Crippen LogP contribution is 2.30. The summed E-state index contributed by atoms with van der Waals surface area (Å²) in [5.41, 5.74) is 2.14. The highest BCUT2D eigenvalue weighted by molar-refractivity contribution is 5.34. The molecule has 0 bridgehead atoms. The number of terminal acetylenes is 1. The van der Waals surface area contributed by atoms with Gasteiger partial charge in [-0.3, -0.25) is 0 Å². The SMILES string of the molecule is C#CCC(O)c1ccccc1C(C)(C)C. The van der Waals surface area contributed by atoms with E-state index in [-0.39, 0.29) is 5.41 Å². The van der Waals surface area contributed by atoms with Gasteiger partial charge >= 0.3 is 0 Å². The minimum atomic E-state index is -0.551. The number of aliphatic hydroxyl groups excluding tert-OH is 1. The molecule has 80 valence electrons. The number of benzene rings is 1. The Balaban J connectivity index is 3.13. The Bertz CT molecular complexity index is 366. The van der Waals surface area contributed by atoms with Gasteiger partial charge in [-0.15, -0.1) is 12.3 Å². The highest BCUT2D eigenvalue weighted by Gasteiger charge is 2.20. The first kappa shape index (κ1) is 11.8. The summed E-state index contributed by atoms with van der Waals surface area (Å²) < 4.78 is 0. The lowest BCUT2D eigenvalue weighted by Gasteiger charge is -2.24. The van der Waals surface area contributed by atoms with Crippen molar-refractivity contribution in [1.82, 2.24) is 0 Å². The fraction of sp³-hybridized carbons (Fsp3) is 0.429. The van der Waals surface area contributed by atoms with E-state index in [1.54, 1.807) is 0 Å². The van der Waals surface area contributed by atoms with Crippen LogP contribution < -0.4 is 0 Å².